The molecule has 2 aliphatic heterocycles. The van der Waals surface area contributed by atoms with Crippen LogP contribution < -0.4 is 10.2 Å². The molecule has 0 saturated carbocycles. The third kappa shape index (κ3) is 5.19. The molecule has 1 fully saturated rings. The molecule has 0 radical (unpaired) electrons. The molecule has 9 nitrogen and oxygen atoms in total. The van der Waals surface area contributed by atoms with Crippen LogP contribution in [0.5, 0.6) is 0 Å². The minimum atomic E-state index is -0.926. The Morgan fingerprint density at radius 3 is 2.48 bits per heavy atom. The van der Waals surface area contributed by atoms with Crippen molar-refractivity contribution < 1.29 is 18.3 Å². The summed E-state index contributed by atoms with van der Waals surface area (Å²) in [4.78, 5) is 25.2. The summed E-state index contributed by atoms with van der Waals surface area (Å²) >= 11 is 1.47. The Bertz CT molecular complexity index is 1760. The van der Waals surface area contributed by atoms with E-state index in [1.54, 1.807) is 12.1 Å². The van der Waals surface area contributed by atoms with Gasteiger partial charge in [0.1, 0.15) is 15.8 Å². The van der Waals surface area contributed by atoms with Gasteiger partial charge in [0.05, 0.1) is 18.9 Å². The molecule has 4 heterocycles. The molecule has 5 aromatic rings. The second-order valence-corrected chi connectivity index (χ2v) is 10.9. The molecule has 0 bridgehead atoms. The van der Waals surface area contributed by atoms with E-state index < -0.39 is 6.17 Å². The summed E-state index contributed by atoms with van der Waals surface area (Å²) < 4.78 is 25.2. The molecule has 0 spiro atoms. The number of nitrogens with one attached hydrogen (secondary N) is 1. The Morgan fingerprint density at radius 1 is 0.905 bits per heavy atom. The fraction of sp³-hybridized carbons (Fsp3) is 0.194. The number of fused-ring (bicyclic) bond motifs is 1. The first kappa shape index (κ1) is 26.2. The minimum absolute atomic E-state index is 0.0646. The fourth-order valence-electron chi connectivity index (χ4n) is 5.04. The van der Waals surface area contributed by atoms with Crippen molar-refractivity contribution in [3.05, 3.63) is 101 Å². The van der Waals surface area contributed by atoms with Crippen LogP contribution in [0.4, 0.5) is 15.4 Å². The number of carbonyl (C=O) groups excluding carboxylic acids is 1. The number of morpholine rings is 1. The molecular weight excluding hydrogens is 555 g/mol. The maximum absolute atomic E-state index is 13.6. The molecule has 1 atom stereocenters. The van der Waals surface area contributed by atoms with Crippen LogP contribution in [0, 0.1) is 5.82 Å². The van der Waals surface area contributed by atoms with Gasteiger partial charge < -0.3 is 19.4 Å². The number of aromatic nitrogens is 3. The third-order valence-corrected chi connectivity index (χ3v) is 8.30. The van der Waals surface area contributed by atoms with Gasteiger partial charge in [0.25, 0.3) is 5.89 Å². The quantitative estimate of drug-likeness (QED) is 0.291. The van der Waals surface area contributed by atoms with Crippen molar-refractivity contribution in [2.75, 3.05) is 36.5 Å². The number of hydrogen-bond acceptors (Lipinski definition) is 10. The van der Waals surface area contributed by atoms with Crippen LogP contribution in [0.15, 0.2) is 88.3 Å². The zero-order chi connectivity index (χ0) is 28.5. The number of anilines is 2. The summed E-state index contributed by atoms with van der Waals surface area (Å²) in [7, 11) is 0. The molecular formula is C31H25FN6O3S. The maximum Gasteiger partial charge on any atom is 0.317 e. The number of carbonyl (C=O) groups is 1. The van der Waals surface area contributed by atoms with Crippen LogP contribution >= 0.6 is 11.3 Å². The van der Waals surface area contributed by atoms with Gasteiger partial charge in [0.15, 0.2) is 17.6 Å². The van der Waals surface area contributed by atoms with Crippen molar-refractivity contribution in [3.8, 4) is 22.2 Å². The molecule has 1 saturated heterocycles. The Balaban J connectivity index is 1.22. The van der Waals surface area contributed by atoms with Crippen molar-refractivity contribution in [1.29, 1.82) is 0 Å². The van der Waals surface area contributed by atoms with Crippen molar-refractivity contribution in [1.82, 2.24) is 15.2 Å². The SMILES string of the molecule is O=C1Cc2ccccc2C(c2ccccc2)=N[C@@H]1Nc1nnc(-c2nc(-c3ccc(F)cc3)sc2N2CCOCC2)o1. The first-order valence-electron chi connectivity index (χ1n) is 13.6. The Morgan fingerprint density at radius 2 is 1.67 bits per heavy atom. The molecule has 7 rings (SSSR count). The maximum atomic E-state index is 13.6. The lowest BCUT2D eigenvalue weighted by molar-refractivity contribution is -0.119. The van der Waals surface area contributed by atoms with Crippen LogP contribution in [0.25, 0.3) is 22.2 Å². The van der Waals surface area contributed by atoms with Crippen LogP contribution in [-0.2, 0) is 16.0 Å². The first-order valence-corrected chi connectivity index (χ1v) is 14.4. The number of Topliss-reactive ketones (excluding diaryl/α,β-unsaturated/α-hetero) is 1. The van der Waals surface area contributed by atoms with Gasteiger partial charge in [-0.15, -0.1) is 5.10 Å². The Kier molecular flexibility index (Phi) is 7.02. The van der Waals surface area contributed by atoms with E-state index in [-0.39, 0.29) is 29.9 Å². The largest absolute Gasteiger partial charge is 0.402 e. The Labute approximate surface area is 244 Å². The number of ketones is 1. The highest BCUT2D eigenvalue weighted by molar-refractivity contribution is 7.19. The van der Waals surface area contributed by atoms with Gasteiger partial charge >= 0.3 is 6.01 Å². The van der Waals surface area contributed by atoms with E-state index in [4.69, 9.17) is 19.1 Å². The third-order valence-electron chi connectivity index (χ3n) is 7.13. The molecule has 210 valence electrons. The summed E-state index contributed by atoms with van der Waals surface area (Å²) in [6.07, 6.45) is -0.715. The van der Waals surface area contributed by atoms with Gasteiger partial charge in [-0.25, -0.2) is 9.37 Å². The monoisotopic (exact) mass is 580 g/mol. The van der Waals surface area contributed by atoms with Gasteiger partial charge in [0.2, 0.25) is 0 Å². The molecule has 0 aliphatic carbocycles. The summed E-state index contributed by atoms with van der Waals surface area (Å²) in [6, 6.07) is 23.9. The van der Waals surface area contributed by atoms with Crippen LogP contribution in [-0.4, -0.2) is 59.1 Å². The lowest BCUT2D eigenvalue weighted by Gasteiger charge is -2.27. The van der Waals surface area contributed by atoms with E-state index in [2.05, 4.69) is 20.4 Å². The molecule has 11 heteroatoms. The van der Waals surface area contributed by atoms with Crippen molar-refractivity contribution in [2.24, 2.45) is 4.99 Å². The zero-order valence-corrected chi connectivity index (χ0v) is 23.2. The number of thiazole rings is 1. The first-order chi connectivity index (χ1) is 20.6. The molecule has 42 heavy (non-hydrogen) atoms. The molecule has 3 aromatic carbocycles. The number of nitrogens with zero attached hydrogens (tertiary/aromatic N) is 5. The summed E-state index contributed by atoms with van der Waals surface area (Å²) in [5, 5.41) is 13.1. The predicted molar refractivity (Wildman–Crippen MR) is 158 cm³/mol. The molecule has 2 aromatic heterocycles. The van der Waals surface area contributed by atoms with Crippen molar-refractivity contribution in [2.45, 2.75) is 12.6 Å². The number of halogens is 1. The lowest BCUT2D eigenvalue weighted by atomic mass is 9.96. The number of rotatable bonds is 6. The molecule has 1 N–H and O–H groups in total. The van der Waals surface area contributed by atoms with Gasteiger partial charge in [-0.1, -0.05) is 71.0 Å². The van der Waals surface area contributed by atoms with E-state index >= 15 is 0 Å². The summed E-state index contributed by atoms with van der Waals surface area (Å²) in [5.41, 5.74) is 4.75. The Hall–Kier alpha value is -4.74. The van der Waals surface area contributed by atoms with E-state index in [1.165, 1.54) is 23.5 Å². The van der Waals surface area contributed by atoms with Gasteiger partial charge in [-0.05, 0) is 29.8 Å². The van der Waals surface area contributed by atoms with Crippen molar-refractivity contribution in [3.63, 3.8) is 0 Å². The summed E-state index contributed by atoms with van der Waals surface area (Å²) in [6.45, 7) is 2.55. The van der Waals surface area contributed by atoms with Crippen LogP contribution in [0.1, 0.15) is 16.7 Å². The highest BCUT2D eigenvalue weighted by Gasteiger charge is 2.29. The average Bonchev–Trinajstić information content (AvgIpc) is 3.65. The average molecular weight is 581 g/mol. The summed E-state index contributed by atoms with van der Waals surface area (Å²) in [5.74, 6) is -0.222. The van der Waals surface area contributed by atoms with Crippen LogP contribution in [0.2, 0.25) is 0 Å². The molecule has 0 unspecified atom stereocenters. The van der Waals surface area contributed by atoms with Crippen LogP contribution in [0.3, 0.4) is 0 Å². The highest BCUT2D eigenvalue weighted by Crippen LogP contribution is 2.40. The lowest BCUT2D eigenvalue weighted by Crippen LogP contribution is -2.35. The second-order valence-electron chi connectivity index (χ2n) is 9.88. The molecule has 0 amide bonds. The number of ether oxygens (including phenoxy) is 1. The standard InChI is InChI=1S/C31H25FN6O3S/c32-22-12-10-20(11-13-22)29-34-26(30(42-29)38-14-16-40-17-15-38)28-36-37-31(41-28)35-27-24(39)18-21-8-4-5-9-23(21)25(33-27)19-6-2-1-3-7-19/h1-13,27H,14-18H2,(H,35,37)/t27-/m1/s1. The predicted octanol–water partition coefficient (Wildman–Crippen LogP) is 5.24. The number of hydrogen-bond donors (Lipinski definition) is 1. The van der Waals surface area contributed by atoms with E-state index in [9.17, 15) is 9.18 Å². The van der Waals surface area contributed by atoms with Gasteiger partial charge in [-0.2, -0.15) is 0 Å². The zero-order valence-electron chi connectivity index (χ0n) is 22.4. The van der Waals surface area contributed by atoms with Crippen molar-refractivity contribution >= 4 is 33.8 Å². The minimum Gasteiger partial charge on any atom is -0.402 e. The molecule has 2 aliphatic rings. The highest BCUT2D eigenvalue weighted by atomic mass is 32.1. The fourth-order valence-corrected chi connectivity index (χ4v) is 6.16. The van der Waals surface area contributed by atoms with E-state index in [1.807, 2.05) is 54.6 Å². The smallest absolute Gasteiger partial charge is 0.317 e. The second kappa shape index (κ2) is 11.3. The van der Waals surface area contributed by atoms with E-state index in [0.29, 0.717) is 42.7 Å². The number of aliphatic imine (C=N–C) groups is 1. The van der Waals surface area contributed by atoms with E-state index in [0.717, 1.165) is 27.3 Å². The number of benzene rings is 3. The van der Waals surface area contributed by atoms with Gasteiger partial charge in [0, 0.05) is 36.2 Å². The van der Waals surface area contributed by atoms with Gasteiger partial charge in [-0.3, -0.25) is 9.79 Å². The topological polar surface area (TPSA) is 106 Å². The normalized spacial score (nSPS) is 17.0.